The summed E-state index contributed by atoms with van der Waals surface area (Å²) in [7, 11) is 0. The summed E-state index contributed by atoms with van der Waals surface area (Å²) in [6.07, 6.45) is 1.73. The fraction of sp³-hybridized carbons (Fsp3) is 0.600. The molecule has 0 aliphatic carbocycles. The molecule has 0 atom stereocenters. The molecule has 0 spiro atoms. The molecule has 1 aromatic rings. The Balaban J connectivity index is 0.000000810. The van der Waals surface area contributed by atoms with Crippen LogP contribution in [-0.2, 0) is 6.42 Å². The normalized spacial score (nSPS) is 9.89. The molecule has 1 rings (SSSR count). The van der Waals surface area contributed by atoms with Gasteiger partial charge in [0, 0.05) is 7.85 Å². The molecule has 1 aromatic heterocycles. The maximum Gasteiger partial charge on any atom is 0.438 e. The second kappa shape index (κ2) is 2.48. The predicted molar refractivity (Wildman–Crippen MR) is 33.2 cm³/mol. The van der Waals surface area contributed by atoms with E-state index in [9.17, 15) is 4.79 Å². The summed E-state index contributed by atoms with van der Waals surface area (Å²) in [5.41, 5.74) is 0. The summed E-state index contributed by atoms with van der Waals surface area (Å²) < 4.78 is 4.26. The molecule has 0 aliphatic heterocycles. The fourth-order valence-electron chi connectivity index (χ4n) is 0.605. The monoisotopic (exact) mass is 130 g/mol. The highest BCUT2D eigenvalue weighted by Crippen LogP contribution is 1.88. The minimum Gasteiger partial charge on any atom is -0.296 e. The lowest BCUT2D eigenvalue weighted by Crippen LogP contribution is -1.96. The van der Waals surface area contributed by atoms with Gasteiger partial charge in [0.05, 0.1) is 0 Å². The molecule has 0 saturated carbocycles. The molecule has 0 radical (unpaired) electrons. The van der Waals surface area contributed by atoms with E-state index in [0.29, 0.717) is 5.82 Å². The fourth-order valence-corrected chi connectivity index (χ4v) is 0.605. The van der Waals surface area contributed by atoms with Crippen LogP contribution in [0, 0.1) is 0 Å². The van der Waals surface area contributed by atoms with E-state index in [0.717, 1.165) is 12.8 Å². The van der Waals surface area contributed by atoms with Gasteiger partial charge in [-0.3, -0.25) is 9.51 Å². The summed E-state index contributed by atoms with van der Waals surface area (Å²) in [4.78, 5) is 12.7. The van der Waals surface area contributed by atoms with Gasteiger partial charge >= 0.3 is 5.76 Å². The Labute approximate surface area is 53.4 Å². The highest BCUT2D eigenvalue weighted by Gasteiger charge is 1.95. The van der Waals surface area contributed by atoms with Crippen LogP contribution >= 0.6 is 0 Å². The van der Waals surface area contributed by atoms with E-state index in [2.05, 4.69) is 14.7 Å². The van der Waals surface area contributed by atoms with Crippen molar-refractivity contribution in [3.05, 3.63) is 16.4 Å². The first-order valence-electron chi connectivity index (χ1n) is 2.88. The third-order valence-corrected chi connectivity index (χ3v) is 0.972. The van der Waals surface area contributed by atoms with Gasteiger partial charge in [-0.05, 0) is 6.42 Å². The molecular weight excluding hydrogens is 120 g/mol. The summed E-state index contributed by atoms with van der Waals surface area (Å²) >= 11 is 0. The van der Waals surface area contributed by atoms with E-state index in [1.165, 1.54) is 0 Å². The maximum atomic E-state index is 10.3. The summed E-state index contributed by atoms with van der Waals surface area (Å²) in [5.74, 6) is 0.154. The molecule has 0 fully saturated rings. The predicted octanol–water partition coefficient (Wildman–Crippen LogP) is 0.561. The number of nitrogens with zero attached hydrogens (tertiary/aromatic N) is 1. The molecule has 52 valence electrons. The molecule has 1 N–H and O–H groups in total. The number of hydrogen-bond acceptors (Lipinski definition) is 3. The van der Waals surface area contributed by atoms with Gasteiger partial charge in [-0.2, -0.15) is 0 Å². The van der Waals surface area contributed by atoms with Crippen LogP contribution in [0.3, 0.4) is 0 Å². The van der Waals surface area contributed by atoms with Crippen molar-refractivity contribution >= 4 is 0 Å². The van der Waals surface area contributed by atoms with Crippen LogP contribution < -0.4 is 5.76 Å². The van der Waals surface area contributed by atoms with Crippen LogP contribution in [0.5, 0.6) is 0 Å². The van der Waals surface area contributed by atoms with E-state index in [1.54, 1.807) is 0 Å². The van der Waals surface area contributed by atoms with Gasteiger partial charge in [-0.25, -0.2) is 4.79 Å². The lowest BCUT2D eigenvalue weighted by molar-refractivity contribution is 0.381. The molecule has 9 heavy (non-hydrogen) atoms. The summed E-state index contributed by atoms with van der Waals surface area (Å²) in [5, 5.41) is 3.46. The van der Waals surface area contributed by atoms with Gasteiger partial charge in [-0.15, -0.1) is 0 Å². The van der Waals surface area contributed by atoms with E-state index in [1.807, 2.05) is 6.92 Å². The molecule has 4 nitrogen and oxygen atoms in total. The zero-order valence-electron chi connectivity index (χ0n) is 5.18. The smallest absolute Gasteiger partial charge is 0.296 e. The number of aromatic amines is 1. The van der Waals surface area contributed by atoms with E-state index < -0.39 is 5.76 Å². The lowest BCUT2D eigenvalue weighted by atomic mass is 10.3. The van der Waals surface area contributed by atoms with Crippen LogP contribution in [0.2, 0.25) is 0 Å². The van der Waals surface area contributed by atoms with Crippen molar-refractivity contribution in [2.45, 2.75) is 19.8 Å². The van der Waals surface area contributed by atoms with Crippen molar-refractivity contribution in [3.63, 3.8) is 0 Å². The number of aromatic nitrogens is 2. The molecule has 0 unspecified atom stereocenters. The van der Waals surface area contributed by atoms with Gasteiger partial charge < -0.3 is 0 Å². The Morgan fingerprint density at radius 1 is 1.89 bits per heavy atom. The van der Waals surface area contributed by atoms with Crippen LogP contribution in [0.1, 0.15) is 20.6 Å². The van der Waals surface area contributed by atoms with Crippen LogP contribution in [-0.4, -0.2) is 10.1 Å². The third-order valence-electron chi connectivity index (χ3n) is 0.972. The first kappa shape index (κ1) is 6.07. The largest absolute Gasteiger partial charge is 0.438 e. The first-order chi connectivity index (χ1) is 4.33. The second-order valence-corrected chi connectivity index (χ2v) is 1.79. The summed E-state index contributed by atoms with van der Waals surface area (Å²) in [6, 6.07) is 0. The number of nitrogens with one attached hydrogen (secondary N) is 1. The van der Waals surface area contributed by atoms with E-state index in [4.69, 9.17) is 0 Å². The SMILES string of the molecule is CCCc1noc(=O)[nH]1.[HH]. The lowest BCUT2D eigenvalue weighted by Gasteiger charge is -1.82. The van der Waals surface area contributed by atoms with Crippen LogP contribution in [0.4, 0.5) is 0 Å². The number of hydrogen-bond donors (Lipinski definition) is 1. The van der Waals surface area contributed by atoms with Crippen LogP contribution in [0.25, 0.3) is 0 Å². The van der Waals surface area contributed by atoms with E-state index in [-0.39, 0.29) is 1.43 Å². The van der Waals surface area contributed by atoms with Gasteiger partial charge in [0.15, 0.2) is 5.82 Å². The Morgan fingerprint density at radius 3 is 3.11 bits per heavy atom. The number of H-pyrrole nitrogens is 1. The zero-order chi connectivity index (χ0) is 6.69. The first-order valence-corrected chi connectivity index (χ1v) is 2.88. The number of rotatable bonds is 2. The zero-order valence-corrected chi connectivity index (χ0v) is 5.18. The summed E-state index contributed by atoms with van der Waals surface area (Å²) in [6.45, 7) is 2.01. The molecule has 4 heteroatoms. The van der Waals surface area contributed by atoms with Crippen molar-refractivity contribution in [2.75, 3.05) is 0 Å². The Morgan fingerprint density at radius 2 is 2.67 bits per heavy atom. The Bertz CT molecular complexity index is 230. The molecule has 0 saturated heterocycles. The molecular formula is C5H10N2O2. The van der Waals surface area contributed by atoms with Gasteiger partial charge in [0.1, 0.15) is 0 Å². The molecule has 0 aliphatic rings. The van der Waals surface area contributed by atoms with Gasteiger partial charge in [0.25, 0.3) is 0 Å². The molecule has 0 bridgehead atoms. The van der Waals surface area contributed by atoms with Crippen molar-refractivity contribution in [1.29, 1.82) is 0 Å². The molecule has 0 aromatic carbocycles. The van der Waals surface area contributed by atoms with Gasteiger partial charge in [-0.1, -0.05) is 12.1 Å². The topological polar surface area (TPSA) is 58.9 Å². The number of aryl methyl sites for hydroxylation is 1. The van der Waals surface area contributed by atoms with E-state index >= 15 is 0 Å². The van der Waals surface area contributed by atoms with Crippen molar-refractivity contribution in [1.82, 2.24) is 10.1 Å². The second-order valence-electron chi connectivity index (χ2n) is 1.79. The third kappa shape index (κ3) is 1.42. The minimum absolute atomic E-state index is 0. The Hall–Kier alpha value is -1.06. The maximum absolute atomic E-state index is 10.3. The standard InChI is InChI=1S/C5H8N2O2.H2/c1-2-3-4-6-5(8)9-7-4;/h2-3H2,1H3,(H,6,7,8);1H. The Kier molecular flexibility index (Phi) is 1.67. The van der Waals surface area contributed by atoms with Crippen molar-refractivity contribution in [3.8, 4) is 0 Å². The quantitative estimate of drug-likeness (QED) is 0.636. The average molecular weight is 130 g/mol. The highest BCUT2D eigenvalue weighted by molar-refractivity contribution is 4.76. The van der Waals surface area contributed by atoms with Crippen molar-refractivity contribution in [2.24, 2.45) is 0 Å². The highest BCUT2D eigenvalue weighted by atomic mass is 16.5. The molecule has 1 heterocycles. The average Bonchev–Trinajstić information content (AvgIpc) is 2.17. The van der Waals surface area contributed by atoms with Crippen molar-refractivity contribution < 1.29 is 5.95 Å². The molecule has 0 amide bonds. The minimum atomic E-state index is -0.474. The van der Waals surface area contributed by atoms with Gasteiger partial charge in [0.2, 0.25) is 0 Å². The van der Waals surface area contributed by atoms with Crippen LogP contribution in [0.15, 0.2) is 9.32 Å².